The third-order valence-corrected chi connectivity index (χ3v) is 5.60. The van der Waals surface area contributed by atoms with E-state index in [-0.39, 0.29) is 23.8 Å². The van der Waals surface area contributed by atoms with Crippen molar-refractivity contribution in [1.29, 1.82) is 0 Å². The van der Waals surface area contributed by atoms with Crippen molar-refractivity contribution < 1.29 is 9.59 Å². The number of allylic oxidation sites excluding steroid dienone is 1. The predicted molar refractivity (Wildman–Crippen MR) is 99.7 cm³/mol. The van der Waals surface area contributed by atoms with Crippen LogP contribution in [0.4, 0.5) is 0 Å². The number of aryl methyl sites for hydroxylation is 1. The van der Waals surface area contributed by atoms with Crippen LogP contribution in [0, 0.1) is 12.8 Å². The summed E-state index contributed by atoms with van der Waals surface area (Å²) in [5, 5.41) is 0.602. The van der Waals surface area contributed by atoms with Crippen LogP contribution < -0.4 is 0 Å². The van der Waals surface area contributed by atoms with E-state index >= 15 is 0 Å². The SMILES string of the molecule is CC(C)=CCN1C(=O)[C@H]2CC[C@@H]1CN(C(=O)c1ccc(C)c(Cl)c1)C2. The van der Waals surface area contributed by atoms with Crippen LogP contribution in [0.5, 0.6) is 0 Å². The van der Waals surface area contributed by atoms with Gasteiger partial charge in [0.25, 0.3) is 5.91 Å². The Morgan fingerprint density at radius 3 is 2.72 bits per heavy atom. The number of rotatable bonds is 3. The van der Waals surface area contributed by atoms with E-state index in [1.54, 1.807) is 6.07 Å². The van der Waals surface area contributed by atoms with E-state index in [2.05, 4.69) is 6.08 Å². The van der Waals surface area contributed by atoms with Gasteiger partial charge in [0.2, 0.25) is 5.91 Å². The van der Waals surface area contributed by atoms with Crippen molar-refractivity contribution >= 4 is 23.4 Å². The topological polar surface area (TPSA) is 40.6 Å². The Hall–Kier alpha value is -1.81. The summed E-state index contributed by atoms with van der Waals surface area (Å²) in [6.07, 6.45) is 3.92. The van der Waals surface area contributed by atoms with E-state index in [9.17, 15) is 9.59 Å². The van der Waals surface area contributed by atoms with Crippen molar-refractivity contribution in [2.75, 3.05) is 19.6 Å². The maximum Gasteiger partial charge on any atom is 0.253 e. The van der Waals surface area contributed by atoms with Gasteiger partial charge in [0, 0.05) is 36.3 Å². The Kier molecular flexibility index (Phi) is 5.19. The Morgan fingerprint density at radius 1 is 1.28 bits per heavy atom. The lowest BCUT2D eigenvalue weighted by Gasteiger charge is -2.35. The molecule has 0 saturated carbocycles. The number of amides is 2. The van der Waals surface area contributed by atoms with Gasteiger partial charge in [-0.1, -0.05) is 29.3 Å². The summed E-state index contributed by atoms with van der Waals surface area (Å²) in [5.41, 5.74) is 2.76. The predicted octanol–water partition coefficient (Wildman–Crippen LogP) is 3.68. The minimum Gasteiger partial charge on any atom is -0.336 e. The molecule has 2 atom stereocenters. The fourth-order valence-electron chi connectivity index (χ4n) is 3.64. The summed E-state index contributed by atoms with van der Waals surface area (Å²) < 4.78 is 0. The maximum atomic E-state index is 12.9. The number of hydrogen-bond acceptors (Lipinski definition) is 2. The van der Waals surface area contributed by atoms with Gasteiger partial charge >= 0.3 is 0 Å². The van der Waals surface area contributed by atoms with Gasteiger partial charge in [0.05, 0.1) is 5.92 Å². The molecule has 2 amide bonds. The number of fused-ring (bicyclic) bond motifs is 4. The second-order valence-corrected chi connectivity index (χ2v) is 7.78. The molecule has 1 aromatic carbocycles. The van der Waals surface area contributed by atoms with Crippen LogP contribution in [0.1, 0.15) is 42.6 Å². The fraction of sp³-hybridized carbons (Fsp3) is 0.500. The standard InChI is InChI=1S/C20H25ClN2O2/c1-13(2)8-9-23-17-7-6-16(20(23)25)11-22(12-17)19(24)15-5-4-14(3)18(21)10-15/h4-5,8,10,16-17H,6-7,9,11-12H2,1-3H3/t16-,17+/m0/s1. The summed E-state index contributed by atoms with van der Waals surface area (Å²) in [5.74, 6) is 0.0656. The number of carbonyl (C=O) groups is 2. The number of halogens is 1. The molecule has 25 heavy (non-hydrogen) atoms. The zero-order valence-corrected chi connectivity index (χ0v) is 15.8. The molecule has 0 unspecified atom stereocenters. The highest BCUT2D eigenvalue weighted by Crippen LogP contribution is 2.30. The van der Waals surface area contributed by atoms with E-state index < -0.39 is 0 Å². The van der Waals surface area contributed by atoms with Crippen LogP contribution in [-0.2, 0) is 4.79 Å². The molecule has 3 fully saturated rings. The molecule has 0 N–H and O–H groups in total. The van der Waals surface area contributed by atoms with Crippen LogP contribution >= 0.6 is 11.6 Å². The maximum absolute atomic E-state index is 12.9. The third kappa shape index (κ3) is 3.74. The molecule has 3 heterocycles. The average molecular weight is 361 g/mol. The molecule has 1 aromatic rings. The molecule has 3 saturated heterocycles. The van der Waals surface area contributed by atoms with Gasteiger partial charge < -0.3 is 9.80 Å². The van der Waals surface area contributed by atoms with E-state index in [4.69, 9.17) is 11.6 Å². The molecule has 134 valence electrons. The highest BCUT2D eigenvalue weighted by Gasteiger charge is 2.41. The average Bonchev–Trinajstić information content (AvgIpc) is 2.86. The van der Waals surface area contributed by atoms with Gasteiger partial charge in [-0.15, -0.1) is 0 Å². The molecule has 3 aliphatic rings. The zero-order valence-electron chi connectivity index (χ0n) is 15.1. The van der Waals surface area contributed by atoms with E-state index in [0.29, 0.717) is 30.2 Å². The minimum absolute atomic E-state index is 0.0318. The summed E-state index contributed by atoms with van der Waals surface area (Å²) in [6.45, 7) is 7.74. The van der Waals surface area contributed by atoms with Gasteiger partial charge in [-0.05, 0) is 51.3 Å². The van der Waals surface area contributed by atoms with Crippen molar-refractivity contribution in [3.8, 4) is 0 Å². The second kappa shape index (κ2) is 7.20. The Labute approximate surface area is 154 Å². The number of benzene rings is 1. The highest BCUT2D eigenvalue weighted by atomic mass is 35.5. The number of carbonyl (C=O) groups excluding carboxylic acids is 2. The van der Waals surface area contributed by atoms with E-state index in [1.165, 1.54) is 5.57 Å². The second-order valence-electron chi connectivity index (χ2n) is 7.37. The molecular formula is C20H25ClN2O2. The van der Waals surface area contributed by atoms with Crippen molar-refractivity contribution in [3.05, 3.63) is 46.0 Å². The first-order valence-electron chi connectivity index (χ1n) is 8.86. The normalized spacial score (nSPS) is 22.8. The first-order chi connectivity index (χ1) is 11.9. The van der Waals surface area contributed by atoms with Crippen molar-refractivity contribution in [2.24, 2.45) is 5.92 Å². The molecule has 0 aromatic heterocycles. The lowest BCUT2D eigenvalue weighted by atomic mass is 9.94. The Balaban J connectivity index is 1.81. The largest absolute Gasteiger partial charge is 0.336 e. The molecule has 0 radical (unpaired) electrons. The quantitative estimate of drug-likeness (QED) is 0.771. The first-order valence-corrected chi connectivity index (χ1v) is 9.24. The molecule has 3 aliphatic heterocycles. The minimum atomic E-state index is -0.0887. The van der Waals surface area contributed by atoms with Gasteiger partial charge in [-0.2, -0.15) is 0 Å². The third-order valence-electron chi connectivity index (χ3n) is 5.20. The molecule has 0 aliphatic carbocycles. The van der Waals surface area contributed by atoms with Crippen LogP contribution in [0.25, 0.3) is 0 Å². The summed E-state index contributed by atoms with van der Waals surface area (Å²) >= 11 is 6.18. The van der Waals surface area contributed by atoms with Crippen molar-refractivity contribution in [1.82, 2.24) is 9.80 Å². The molecule has 0 spiro atoms. The monoisotopic (exact) mass is 360 g/mol. The van der Waals surface area contributed by atoms with E-state index in [0.717, 1.165) is 18.4 Å². The molecular weight excluding hydrogens is 336 g/mol. The molecule has 2 bridgehead atoms. The van der Waals surface area contributed by atoms with Gasteiger partial charge in [-0.3, -0.25) is 9.59 Å². The molecule has 4 nitrogen and oxygen atoms in total. The van der Waals surface area contributed by atoms with Gasteiger partial charge in [0.1, 0.15) is 0 Å². The first kappa shape index (κ1) is 18.0. The zero-order chi connectivity index (χ0) is 18.1. The number of piperidine rings is 1. The van der Waals surface area contributed by atoms with Crippen LogP contribution in [-0.4, -0.2) is 47.3 Å². The number of nitrogens with zero attached hydrogens (tertiary/aromatic N) is 2. The van der Waals surface area contributed by atoms with Crippen LogP contribution in [0.2, 0.25) is 5.02 Å². The summed E-state index contributed by atoms with van der Waals surface area (Å²) in [4.78, 5) is 29.5. The summed E-state index contributed by atoms with van der Waals surface area (Å²) in [7, 11) is 0. The van der Waals surface area contributed by atoms with Crippen LogP contribution in [0.3, 0.4) is 0 Å². The Morgan fingerprint density at radius 2 is 2.04 bits per heavy atom. The highest BCUT2D eigenvalue weighted by molar-refractivity contribution is 6.31. The van der Waals surface area contributed by atoms with Gasteiger partial charge in [-0.25, -0.2) is 0 Å². The van der Waals surface area contributed by atoms with E-state index in [1.807, 2.05) is 42.7 Å². The molecule has 4 rings (SSSR count). The van der Waals surface area contributed by atoms with Gasteiger partial charge in [0.15, 0.2) is 0 Å². The smallest absolute Gasteiger partial charge is 0.253 e. The van der Waals surface area contributed by atoms with Crippen molar-refractivity contribution in [2.45, 2.75) is 39.7 Å². The van der Waals surface area contributed by atoms with Crippen molar-refractivity contribution in [3.63, 3.8) is 0 Å². The number of hydrogen-bond donors (Lipinski definition) is 0. The lowest BCUT2D eigenvalue weighted by molar-refractivity contribution is -0.139. The molecule has 5 heteroatoms. The Bertz CT molecular complexity index is 724. The van der Waals surface area contributed by atoms with Crippen LogP contribution in [0.15, 0.2) is 29.8 Å². The fourth-order valence-corrected chi connectivity index (χ4v) is 3.82. The summed E-state index contributed by atoms with van der Waals surface area (Å²) in [6, 6.07) is 5.52. The lowest BCUT2D eigenvalue weighted by Crippen LogP contribution is -2.48.